The first-order chi connectivity index (χ1) is 16.6. The third-order valence-corrected chi connectivity index (χ3v) is 6.88. The average molecular weight is 504 g/mol. The van der Waals surface area contributed by atoms with Crippen LogP contribution in [0.4, 0.5) is 5.69 Å². The molecule has 9 heteroatoms. The third kappa shape index (κ3) is 8.28. The van der Waals surface area contributed by atoms with Gasteiger partial charge in [-0.2, -0.15) is 0 Å². The zero-order valence-electron chi connectivity index (χ0n) is 21.3. The summed E-state index contributed by atoms with van der Waals surface area (Å²) in [6.07, 6.45) is 2.05. The highest BCUT2D eigenvalue weighted by atomic mass is 32.2. The van der Waals surface area contributed by atoms with E-state index in [0.717, 1.165) is 17.4 Å². The van der Waals surface area contributed by atoms with E-state index in [1.165, 1.54) is 4.31 Å². The van der Waals surface area contributed by atoms with Crippen LogP contribution in [0.2, 0.25) is 0 Å². The maximum Gasteiger partial charge on any atom is 0.242 e. The average Bonchev–Trinajstić information content (AvgIpc) is 2.81. The number of amides is 2. The van der Waals surface area contributed by atoms with Crippen molar-refractivity contribution in [2.75, 3.05) is 30.8 Å². The quantitative estimate of drug-likeness (QED) is 0.451. The number of ether oxygens (including phenoxy) is 1. The molecule has 0 saturated carbocycles. The molecule has 35 heavy (non-hydrogen) atoms. The van der Waals surface area contributed by atoms with Crippen molar-refractivity contribution in [1.29, 1.82) is 0 Å². The van der Waals surface area contributed by atoms with Crippen molar-refractivity contribution in [3.63, 3.8) is 0 Å². The third-order valence-electron chi connectivity index (χ3n) is 5.68. The van der Waals surface area contributed by atoms with Crippen LogP contribution in [-0.4, -0.2) is 57.6 Å². The number of aryl methyl sites for hydroxylation is 1. The molecule has 0 aliphatic rings. The van der Waals surface area contributed by atoms with E-state index >= 15 is 0 Å². The van der Waals surface area contributed by atoms with Crippen LogP contribution in [0.5, 0.6) is 5.75 Å². The molecule has 0 aromatic heterocycles. The lowest BCUT2D eigenvalue weighted by Gasteiger charge is -2.31. The maximum atomic E-state index is 13.4. The van der Waals surface area contributed by atoms with Gasteiger partial charge in [-0.3, -0.25) is 13.9 Å². The molecule has 1 atom stereocenters. The normalized spacial score (nSPS) is 12.0. The van der Waals surface area contributed by atoms with E-state index in [1.54, 1.807) is 36.3 Å². The number of hydrogen-bond donors (Lipinski definition) is 1. The molecule has 0 heterocycles. The Morgan fingerprint density at radius 3 is 2.31 bits per heavy atom. The van der Waals surface area contributed by atoms with Gasteiger partial charge in [0.05, 0.1) is 19.1 Å². The van der Waals surface area contributed by atoms with Gasteiger partial charge in [0.25, 0.3) is 0 Å². The molecule has 0 aliphatic carbocycles. The summed E-state index contributed by atoms with van der Waals surface area (Å²) in [4.78, 5) is 27.7. The summed E-state index contributed by atoms with van der Waals surface area (Å²) >= 11 is 0. The number of nitrogens with one attached hydrogen (secondary N) is 1. The smallest absolute Gasteiger partial charge is 0.242 e. The van der Waals surface area contributed by atoms with E-state index in [1.807, 2.05) is 45.0 Å². The summed E-state index contributed by atoms with van der Waals surface area (Å²) in [6, 6.07) is 14.0. The molecule has 0 saturated heterocycles. The zero-order valence-corrected chi connectivity index (χ0v) is 22.1. The maximum absolute atomic E-state index is 13.4. The Morgan fingerprint density at radius 2 is 1.77 bits per heavy atom. The monoisotopic (exact) mass is 503 g/mol. The Balaban J connectivity index is 2.19. The molecule has 0 radical (unpaired) electrons. The van der Waals surface area contributed by atoms with Crippen LogP contribution in [0, 0.1) is 6.92 Å². The fourth-order valence-electron chi connectivity index (χ4n) is 3.97. The second kappa shape index (κ2) is 13.1. The van der Waals surface area contributed by atoms with Crippen LogP contribution < -0.4 is 14.4 Å². The molecule has 0 bridgehead atoms. The number of rotatable bonds is 13. The fraction of sp³-hybridized carbons (Fsp3) is 0.462. The summed E-state index contributed by atoms with van der Waals surface area (Å²) in [6.45, 7) is 6.64. The fourth-order valence-corrected chi connectivity index (χ4v) is 4.94. The number of sulfonamides is 1. The highest BCUT2D eigenvalue weighted by Gasteiger charge is 2.28. The molecular formula is C26H37N3O5S. The van der Waals surface area contributed by atoms with Crippen molar-refractivity contribution in [3.05, 3.63) is 59.7 Å². The molecule has 192 valence electrons. The number of hydrogen-bond acceptors (Lipinski definition) is 5. The predicted molar refractivity (Wildman–Crippen MR) is 139 cm³/mol. The van der Waals surface area contributed by atoms with E-state index in [0.29, 0.717) is 37.4 Å². The molecule has 1 N–H and O–H groups in total. The van der Waals surface area contributed by atoms with E-state index in [2.05, 4.69) is 5.32 Å². The Hall–Kier alpha value is -3.07. The molecule has 0 fully saturated rings. The van der Waals surface area contributed by atoms with Crippen LogP contribution in [0.3, 0.4) is 0 Å². The zero-order chi connectivity index (χ0) is 26.0. The summed E-state index contributed by atoms with van der Waals surface area (Å²) < 4.78 is 31.3. The lowest BCUT2D eigenvalue weighted by atomic mass is 10.1. The number of carbonyl (C=O) groups excluding carboxylic acids is 2. The van der Waals surface area contributed by atoms with Gasteiger partial charge in [0.1, 0.15) is 11.8 Å². The highest BCUT2D eigenvalue weighted by molar-refractivity contribution is 7.92. The summed E-state index contributed by atoms with van der Waals surface area (Å²) in [5.74, 6) is 0.250. The first-order valence-corrected chi connectivity index (χ1v) is 13.7. The number of methoxy groups -OCH3 is 1. The topological polar surface area (TPSA) is 96.0 Å². The Bertz CT molecular complexity index is 1090. The second-order valence-electron chi connectivity index (χ2n) is 8.47. The Kier molecular flexibility index (Phi) is 10.6. The van der Waals surface area contributed by atoms with Crippen molar-refractivity contribution in [1.82, 2.24) is 10.2 Å². The van der Waals surface area contributed by atoms with Crippen molar-refractivity contribution in [2.24, 2.45) is 0 Å². The largest absolute Gasteiger partial charge is 0.497 e. The lowest BCUT2D eigenvalue weighted by Crippen LogP contribution is -2.49. The molecule has 2 aromatic carbocycles. The Morgan fingerprint density at radius 1 is 1.09 bits per heavy atom. The van der Waals surface area contributed by atoms with Crippen LogP contribution in [0.1, 0.15) is 44.2 Å². The van der Waals surface area contributed by atoms with Crippen LogP contribution in [-0.2, 0) is 26.2 Å². The van der Waals surface area contributed by atoms with Crippen molar-refractivity contribution in [3.8, 4) is 5.75 Å². The molecule has 2 amide bonds. The molecular weight excluding hydrogens is 466 g/mol. The summed E-state index contributed by atoms with van der Waals surface area (Å²) in [5.41, 5.74) is 2.52. The van der Waals surface area contributed by atoms with E-state index < -0.39 is 16.1 Å². The van der Waals surface area contributed by atoms with Gasteiger partial charge >= 0.3 is 0 Å². The molecule has 2 rings (SSSR count). The number of benzene rings is 2. The first-order valence-electron chi connectivity index (χ1n) is 11.8. The van der Waals surface area contributed by atoms with E-state index in [4.69, 9.17) is 4.74 Å². The number of likely N-dealkylation sites (N-methyl/N-ethyl adjacent to an activating group) is 1. The minimum absolute atomic E-state index is 0.115. The van der Waals surface area contributed by atoms with Crippen molar-refractivity contribution >= 4 is 27.5 Å². The van der Waals surface area contributed by atoms with Gasteiger partial charge < -0.3 is 15.0 Å². The van der Waals surface area contributed by atoms with Gasteiger partial charge in [-0.15, -0.1) is 0 Å². The lowest BCUT2D eigenvalue weighted by molar-refractivity contribution is -0.141. The van der Waals surface area contributed by atoms with Crippen molar-refractivity contribution in [2.45, 2.75) is 52.6 Å². The van der Waals surface area contributed by atoms with Crippen molar-refractivity contribution < 1.29 is 22.7 Å². The van der Waals surface area contributed by atoms with Gasteiger partial charge in [0, 0.05) is 26.1 Å². The summed E-state index contributed by atoms with van der Waals surface area (Å²) in [5, 5.41) is 2.82. The van der Waals surface area contributed by atoms with Gasteiger partial charge in [0.15, 0.2) is 0 Å². The van der Waals surface area contributed by atoms with Gasteiger partial charge in [0.2, 0.25) is 21.8 Å². The van der Waals surface area contributed by atoms with Gasteiger partial charge in [-0.1, -0.05) is 36.8 Å². The number of carbonyl (C=O) groups is 2. The van der Waals surface area contributed by atoms with Crippen LogP contribution >= 0.6 is 0 Å². The minimum atomic E-state index is -3.55. The van der Waals surface area contributed by atoms with Gasteiger partial charge in [-0.05, 0) is 56.5 Å². The molecule has 0 spiro atoms. The predicted octanol–water partition coefficient (Wildman–Crippen LogP) is 3.49. The van der Waals surface area contributed by atoms with Crippen LogP contribution in [0.15, 0.2) is 48.5 Å². The van der Waals surface area contributed by atoms with Crippen LogP contribution in [0.25, 0.3) is 0 Å². The number of anilines is 1. The molecule has 2 aromatic rings. The summed E-state index contributed by atoms with van der Waals surface area (Å²) in [7, 11) is -2.00. The standard InChI is InChI=1S/C26H37N3O5S/c1-6-24(26(31)27-7-2)28(19-21-11-8-10-20(3)18-21)25(30)12-9-17-29(35(5,32)33)22-13-15-23(34-4)16-14-22/h8,10-11,13-16,18,24H,6-7,9,12,17,19H2,1-5H3,(H,27,31)/t24-/m1/s1. The first kappa shape index (κ1) is 28.2. The van der Waals surface area contributed by atoms with E-state index in [-0.39, 0.29) is 24.8 Å². The van der Waals surface area contributed by atoms with Gasteiger partial charge in [-0.25, -0.2) is 8.42 Å². The molecule has 0 unspecified atom stereocenters. The second-order valence-corrected chi connectivity index (χ2v) is 10.4. The SMILES string of the molecule is CCNC(=O)[C@@H](CC)N(Cc1cccc(C)c1)C(=O)CCCN(c1ccc(OC)cc1)S(C)(=O)=O. The van der Waals surface area contributed by atoms with E-state index in [9.17, 15) is 18.0 Å². The number of nitrogens with zero attached hydrogens (tertiary/aromatic N) is 2. The Labute approximate surface area is 209 Å². The molecule has 8 nitrogen and oxygen atoms in total. The molecule has 0 aliphatic heterocycles. The highest BCUT2D eigenvalue weighted by Crippen LogP contribution is 2.22. The minimum Gasteiger partial charge on any atom is -0.497 e.